The topological polar surface area (TPSA) is 81.7 Å². The number of amides is 1. The van der Waals surface area contributed by atoms with Gasteiger partial charge in [0.2, 0.25) is 0 Å². The Balaban J connectivity index is 1.72. The van der Waals surface area contributed by atoms with E-state index in [1.165, 1.54) is 12.1 Å². The number of rotatable bonds is 4. The van der Waals surface area contributed by atoms with Crippen molar-refractivity contribution in [3.05, 3.63) is 58.9 Å². The molecule has 0 aliphatic carbocycles. The molecule has 1 heterocycles. The van der Waals surface area contributed by atoms with Gasteiger partial charge in [0.15, 0.2) is 11.5 Å². The van der Waals surface area contributed by atoms with Gasteiger partial charge in [-0.05, 0) is 42.0 Å². The number of sulfonamides is 1. The molecule has 0 saturated carbocycles. The summed E-state index contributed by atoms with van der Waals surface area (Å²) in [5, 5.41) is 0.0475. The van der Waals surface area contributed by atoms with E-state index < -0.39 is 26.6 Å². The van der Waals surface area contributed by atoms with Crippen molar-refractivity contribution in [2.24, 2.45) is 0 Å². The Hall–Kier alpha value is -2.58. The standard InChI is InChI=1S/C17H13ClFNO5S/c18-12-3-5-16(13(19)10-12)26(22,23)20-17(21)6-2-11-1-4-14-15(9-11)25-8-7-24-14/h1-6,9-10H,7-8H2,(H,20,21). The zero-order valence-electron chi connectivity index (χ0n) is 13.2. The molecule has 0 aromatic heterocycles. The van der Waals surface area contributed by atoms with Crippen molar-refractivity contribution in [1.29, 1.82) is 0 Å². The molecule has 0 bridgehead atoms. The number of ether oxygens (including phenoxy) is 2. The quantitative estimate of drug-likeness (QED) is 0.802. The largest absolute Gasteiger partial charge is 0.486 e. The van der Waals surface area contributed by atoms with Crippen molar-refractivity contribution in [2.75, 3.05) is 13.2 Å². The van der Waals surface area contributed by atoms with Gasteiger partial charge >= 0.3 is 0 Å². The van der Waals surface area contributed by atoms with Gasteiger partial charge in [-0.25, -0.2) is 17.5 Å². The third kappa shape index (κ3) is 4.14. The van der Waals surface area contributed by atoms with Gasteiger partial charge in [0.05, 0.1) is 0 Å². The summed E-state index contributed by atoms with van der Waals surface area (Å²) in [4.78, 5) is 11.2. The van der Waals surface area contributed by atoms with E-state index in [1.807, 2.05) is 0 Å². The normalized spacial score (nSPS) is 13.6. The van der Waals surface area contributed by atoms with Crippen molar-refractivity contribution in [1.82, 2.24) is 4.72 Å². The van der Waals surface area contributed by atoms with Gasteiger partial charge in [-0.2, -0.15) is 0 Å². The second-order valence-electron chi connectivity index (χ2n) is 5.28. The highest BCUT2D eigenvalue weighted by molar-refractivity contribution is 7.90. The minimum Gasteiger partial charge on any atom is -0.486 e. The van der Waals surface area contributed by atoms with Gasteiger partial charge in [-0.1, -0.05) is 17.7 Å². The van der Waals surface area contributed by atoms with Gasteiger partial charge < -0.3 is 9.47 Å². The lowest BCUT2D eigenvalue weighted by atomic mass is 10.2. The molecule has 0 spiro atoms. The Kier molecular flexibility index (Phi) is 5.15. The lowest BCUT2D eigenvalue weighted by Crippen LogP contribution is -2.29. The van der Waals surface area contributed by atoms with Crippen molar-refractivity contribution >= 4 is 33.6 Å². The molecule has 1 aliphatic rings. The minimum absolute atomic E-state index is 0.0475. The molecule has 3 rings (SSSR count). The average Bonchev–Trinajstić information content (AvgIpc) is 2.59. The van der Waals surface area contributed by atoms with Crippen LogP contribution in [0, 0.1) is 5.82 Å². The van der Waals surface area contributed by atoms with Crippen LogP contribution >= 0.6 is 11.6 Å². The molecule has 0 saturated heterocycles. The lowest BCUT2D eigenvalue weighted by molar-refractivity contribution is -0.114. The van der Waals surface area contributed by atoms with Gasteiger partial charge in [-0.15, -0.1) is 0 Å². The summed E-state index contributed by atoms with van der Waals surface area (Å²) in [6, 6.07) is 8.08. The zero-order valence-corrected chi connectivity index (χ0v) is 14.8. The predicted molar refractivity (Wildman–Crippen MR) is 93.2 cm³/mol. The molecule has 0 fully saturated rings. The highest BCUT2D eigenvalue weighted by Crippen LogP contribution is 2.31. The third-order valence-electron chi connectivity index (χ3n) is 3.41. The van der Waals surface area contributed by atoms with Crippen molar-refractivity contribution in [3.63, 3.8) is 0 Å². The minimum atomic E-state index is -4.35. The molecule has 2 aromatic carbocycles. The molecule has 2 aromatic rings. The van der Waals surface area contributed by atoms with Crippen molar-refractivity contribution in [2.45, 2.75) is 4.90 Å². The summed E-state index contributed by atoms with van der Waals surface area (Å²) in [5.41, 5.74) is 0.611. The van der Waals surface area contributed by atoms with Crippen LogP contribution < -0.4 is 14.2 Å². The second kappa shape index (κ2) is 7.35. The third-order valence-corrected chi connectivity index (χ3v) is 5.03. The van der Waals surface area contributed by atoms with Crippen LogP contribution in [0.1, 0.15) is 5.56 Å². The summed E-state index contributed by atoms with van der Waals surface area (Å²) in [6.07, 6.45) is 2.43. The maximum Gasteiger partial charge on any atom is 0.267 e. The Morgan fingerprint density at radius 2 is 1.85 bits per heavy atom. The van der Waals surface area contributed by atoms with Gasteiger partial charge in [-0.3, -0.25) is 4.79 Å². The van der Waals surface area contributed by atoms with E-state index in [9.17, 15) is 17.6 Å². The fourth-order valence-corrected chi connectivity index (χ4v) is 3.41. The molecule has 0 atom stereocenters. The number of hydrogen-bond acceptors (Lipinski definition) is 5. The molecule has 0 radical (unpaired) electrons. The van der Waals surface area contributed by atoms with Gasteiger partial charge in [0.1, 0.15) is 23.9 Å². The Labute approximate surface area is 154 Å². The molecule has 1 N–H and O–H groups in total. The molecule has 1 aliphatic heterocycles. The zero-order chi connectivity index (χ0) is 18.7. The Bertz CT molecular complexity index is 991. The van der Waals surface area contributed by atoms with Crippen LogP contribution in [0.5, 0.6) is 11.5 Å². The van der Waals surface area contributed by atoms with Gasteiger partial charge in [0, 0.05) is 11.1 Å². The number of hydrogen-bond donors (Lipinski definition) is 1. The number of halogens is 2. The van der Waals surface area contributed by atoms with E-state index in [2.05, 4.69) is 0 Å². The highest BCUT2D eigenvalue weighted by Gasteiger charge is 2.21. The van der Waals surface area contributed by atoms with Crippen LogP contribution in [-0.2, 0) is 14.8 Å². The smallest absolute Gasteiger partial charge is 0.267 e. The summed E-state index contributed by atoms with van der Waals surface area (Å²) in [5.74, 6) is -0.837. The first-order valence-corrected chi connectivity index (χ1v) is 9.31. The Morgan fingerprint density at radius 1 is 1.12 bits per heavy atom. The highest BCUT2D eigenvalue weighted by atomic mass is 35.5. The predicted octanol–water partition coefficient (Wildman–Crippen LogP) is 2.77. The fourth-order valence-electron chi connectivity index (χ4n) is 2.25. The Morgan fingerprint density at radius 3 is 2.58 bits per heavy atom. The maximum atomic E-state index is 13.7. The molecule has 0 unspecified atom stereocenters. The summed E-state index contributed by atoms with van der Waals surface area (Å²) in [7, 11) is -4.35. The summed E-state index contributed by atoms with van der Waals surface area (Å²) >= 11 is 5.59. The first kappa shape index (κ1) is 18.2. The van der Waals surface area contributed by atoms with E-state index in [4.69, 9.17) is 21.1 Å². The van der Waals surface area contributed by atoms with E-state index in [1.54, 1.807) is 22.9 Å². The van der Waals surface area contributed by atoms with Crippen LogP contribution in [0.15, 0.2) is 47.4 Å². The molecule has 1 amide bonds. The van der Waals surface area contributed by atoms with Crippen molar-refractivity contribution in [3.8, 4) is 11.5 Å². The van der Waals surface area contributed by atoms with Crippen LogP contribution in [0.25, 0.3) is 6.08 Å². The first-order valence-electron chi connectivity index (χ1n) is 7.45. The summed E-state index contributed by atoms with van der Waals surface area (Å²) in [6.45, 7) is 0.884. The average molecular weight is 398 g/mol. The van der Waals surface area contributed by atoms with Crippen LogP contribution in [0.4, 0.5) is 4.39 Å². The number of fused-ring (bicyclic) bond motifs is 1. The lowest BCUT2D eigenvalue weighted by Gasteiger charge is -2.18. The molecule has 26 heavy (non-hydrogen) atoms. The number of carbonyl (C=O) groups excluding carboxylic acids is 1. The van der Waals surface area contributed by atoms with Crippen molar-refractivity contribution < 1.29 is 27.1 Å². The number of carbonyl (C=O) groups is 1. The number of nitrogens with one attached hydrogen (secondary N) is 1. The van der Waals surface area contributed by atoms with Crippen LogP contribution in [0.2, 0.25) is 5.02 Å². The first-order chi connectivity index (χ1) is 12.3. The van der Waals surface area contributed by atoms with Crippen LogP contribution in [-0.4, -0.2) is 27.5 Å². The molecular weight excluding hydrogens is 385 g/mol. The second-order valence-corrected chi connectivity index (χ2v) is 7.37. The monoisotopic (exact) mass is 397 g/mol. The molecule has 6 nitrogen and oxygen atoms in total. The molecule has 136 valence electrons. The summed E-state index contributed by atoms with van der Waals surface area (Å²) < 4.78 is 50.5. The van der Waals surface area contributed by atoms with E-state index in [0.717, 1.165) is 18.2 Å². The molecule has 9 heteroatoms. The molecular formula is C17H13ClFNO5S. The van der Waals surface area contributed by atoms with Crippen LogP contribution in [0.3, 0.4) is 0 Å². The maximum absolute atomic E-state index is 13.7. The fraction of sp³-hybridized carbons (Fsp3) is 0.118. The van der Waals surface area contributed by atoms with E-state index in [-0.39, 0.29) is 5.02 Å². The van der Waals surface area contributed by atoms with E-state index in [0.29, 0.717) is 30.3 Å². The number of benzene rings is 2. The van der Waals surface area contributed by atoms with Gasteiger partial charge in [0.25, 0.3) is 15.9 Å². The van der Waals surface area contributed by atoms with E-state index >= 15 is 0 Å². The SMILES string of the molecule is O=C(C=Cc1ccc2c(c1)OCCO2)NS(=O)(=O)c1ccc(Cl)cc1F.